The lowest BCUT2D eigenvalue weighted by molar-refractivity contribution is -0.122. The zero-order chi connectivity index (χ0) is 13.5. The molecule has 1 aliphatic carbocycles. The van der Waals surface area contributed by atoms with Gasteiger partial charge in [-0.1, -0.05) is 19.8 Å². The van der Waals surface area contributed by atoms with Gasteiger partial charge in [-0.3, -0.25) is 4.79 Å². The van der Waals surface area contributed by atoms with Gasteiger partial charge in [-0.05, 0) is 62.9 Å². The molecular formula is C16H31ClN2O. The zero-order valence-electron chi connectivity index (χ0n) is 12.8. The van der Waals surface area contributed by atoms with Gasteiger partial charge in [0, 0.05) is 13.0 Å². The maximum absolute atomic E-state index is 11.9. The Kier molecular flexibility index (Phi) is 8.55. The van der Waals surface area contributed by atoms with Crippen LogP contribution in [-0.4, -0.2) is 25.5 Å². The summed E-state index contributed by atoms with van der Waals surface area (Å²) in [6.45, 7) is 5.49. The Bertz CT molecular complexity index is 280. The highest BCUT2D eigenvalue weighted by atomic mass is 35.5. The maximum Gasteiger partial charge on any atom is 0.220 e. The van der Waals surface area contributed by atoms with E-state index in [-0.39, 0.29) is 18.3 Å². The Labute approximate surface area is 130 Å². The fourth-order valence-electron chi connectivity index (χ4n) is 3.67. The molecule has 2 rings (SSSR count). The van der Waals surface area contributed by atoms with E-state index >= 15 is 0 Å². The molecule has 2 aliphatic rings. The molecule has 1 saturated carbocycles. The van der Waals surface area contributed by atoms with Crippen LogP contribution < -0.4 is 10.6 Å². The van der Waals surface area contributed by atoms with Crippen LogP contribution in [0.15, 0.2) is 0 Å². The van der Waals surface area contributed by atoms with E-state index in [2.05, 4.69) is 17.6 Å². The first-order chi connectivity index (χ1) is 9.24. The highest BCUT2D eigenvalue weighted by molar-refractivity contribution is 5.85. The first kappa shape index (κ1) is 17.8. The minimum absolute atomic E-state index is 0. The minimum atomic E-state index is 0. The average Bonchev–Trinajstić information content (AvgIpc) is 2.40. The number of amides is 1. The second-order valence-corrected chi connectivity index (χ2v) is 6.69. The summed E-state index contributed by atoms with van der Waals surface area (Å²) in [6, 6.07) is 0. The van der Waals surface area contributed by atoms with E-state index in [0.717, 1.165) is 37.8 Å². The molecule has 1 heterocycles. The molecule has 0 aromatic rings. The molecule has 4 heteroatoms. The average molecular weight is 303 g/mol. The van der Waals surface area contributed by atoms with Crippen LogP contribution in [0.2, 0.25) is 0 Å². The van der Waals surface area contributed by atoms with Gasteiger partial charge >= 0.3 is 0 Å². The first-order valence-corrected chi connectivity index (χ1v) is 8.21. The van der Waals surface area contributed by atoms with Gasteiger partial charge in [0.25, 0.3) is 0 Å². The molecule has 3 unspecified atom stereocenters. The smallest absolute Gasteiger partial charge is 0.220 e. The van der Waals surface area contributed by atoms with Crippen LogP contribution in [0.3, 0.4) is 0 Å². The Morgan fingerprint density at radius 2 is 2.00 bits per heavy atom. The van der Waals surface area contributed by atoms with Gasteiger partial charge < -0.3 is 10.6 Å². The Hall–Kier alpha value is -0.280. The lowest BCUT2D eigenvalue weighted by atomic mass is 9.81. The van der Waals surface area contributed by atoms with Crippen LogP contribution in [0.4, 0.5) is 0 Å². The minimum Gasteiger partial charge on any atom is -0.356 e. The summed E-state index contributed by atoms with van der Waals surface area (Å²) in [6.07, 6.45) is 9.68. The normalized spacial score (nSPS) is 30.4. The molecule has 2 N–H and O–H groups in total. The predicted molar refractivity (Wildman–Crippen MR) is 86.2 cm³/mol. The lowest BCUT2D eigenvalue weighted by Gasteiger charge is -2.26. The van der Waals surface area contributed by atoms with Crippen LogP contribution in [0.1, 0.15) is 58.3 Å². The van der Waals surface area contributed by atoms with Crippen LogP contribution in [-0.2, 0) is 4.79 Å². The second kappa shape index (κ2) is 9.62. The second-order valence-electron chi connectivity index (χ2n) is 6.69. The topological polar surface area (TPSA) is 41.1 Å². The molecule has 0 aromatic heterocycles. The fraction of sp³-hybridized carbons (Fsp3) is 0.938. The molecule has 0 bridgehead atoms. The van der Waals surface area contributed by atoms with E-state index in [1.807, 2.05) is 0 Å². The summed E-state index contributed by atoms with van der Waals surface area (Å²) < 4.78 is 0. The molecule has 3 atom stereocenters. The Balaban J connectivity index is 0.00000200. The van der Waals surface area contributed by atoms with Crippen LogP contribution in [0.25, 0.3) is 0 Å². The molecule has 0 radical (unpaired) electrons. The number of halogens is 1. The van der Waals surface area contributed by atoms with Gasteiger partial charge in [-0.25, -0.2) is 0 Å². The molecule has 0 aromatic carbocycles. The molecule has 1 amide bonds. The standard InChI is InChI=1S/C16H30N2O.ClH/c1-13-4-2-5-15(10-13)11-16(19)18-9-7-14-6-3-8-17-12-14;/h13-15,17H,2-12H2,1H3,(H,18,19);1H. The summed E-state index contributed by atoms with van der Waals surface area (Å²) in [5.74, 6) is 2.51. The number of hydrogen-bond donors (Lipinski definition) is 2. The van der Waals surface area contributed by atoms with Gasteiger partial charge in [-0.15, -0.1) is 12.4 Å². The maximum atomic E-state index is 11.9. The summed E-state index contributed by atoms with van der Waals surface area (Å²) >= 11 is 0. The van der Waals surface area contributed by atoms with E-state index in [1.54, 1.807) is 0 Å². The van der Waals surface area contributed by atoms with Gasteiger partial charge in [0.2, 0.25) is 5.91 Å². The summed E-state index contributed by atoms with van der Waals surface area (Å²) in [7, 11) is 0. The van der Waals surface area contributed by atoms with Crippen molar-refractivity contribution in [1.82, 2.24) is 10.6 Å². The molecule has 1 aliphatic heterocycles. The van der Waals surface area contributed by atoms with Crippen molar-refractivity contribution < 1.29 is 4.79 Å². The van der Waals surface area contributed by atoms with Crippen molar-refractivity contribution in [3.05, 3.63) is 0 Å². The number of hydrogen-bond acceptors (Lipinski definition) is 2. The van der Waals surface area contributed by atoms with E-state index in [9.17, 15) is 4.79 Å². The van der Waals surface area contributed by atoms with Crippen molar-refractivity contribution in [3.63, 3.8) is 0 Å². The van der Waals surface area contributed by atoms with Crippen molar-refractivity contribution in [2.24, 2.45) is 17.8 Å². The predicted octanol–water partition coefficient (Wildman–Crippen LogP) is 3.13. The van der Waals surface area contributed by atoms with Gasteiger partial charge in [0.05, 0.1) is 0 Å². The fourth-order valence-corrected chi connectivity index (χ4v) is 3.67. The number of rotatable bonds is 5. The van der Waals surface area contributed by atoms with Crippen LogP contribution in [0.5, 0.6) is 0 Å². The molecule has 3 nitrogen and oxygen atoms in total. The van der Waals surface area contributed by atoms with E-state index in [0.29, 0.717) is 5.92 Å². The van der Waals surface area contributed by atoms with Crippen LogP contribution >= 0.6 is 12.4 Å². The van der Waals surface area contributed by atoms with Gasteiger partial charge in [0.1, 0.15) is 0 Å². The third-order valence-corrected chi connectivity index (χ3v) is 4.79. The number of carbonyl (C=O) groups is 1. The summed E-state index contributed by atoms with van der Waals surface area (Å²) in [5, 5.41) is 6.56. The molecule has 0 spiro atoms. The number of carbonyl (C=O) groups excluding carboxylic acids is 1. The van der Waals surface area contributed by atoms with Crippen molar-refractivity contribution in [3.8, 4) is 0 Å². The summed E-state index contributed by atoms with van der Waals surface area (Å²) in [4.78, 5) is 11.9. The third-order valence-electron chi connectivity index (χ3n) is 4.79. The molecule has 20 heavy (non-hydrogen) atoms. The molecular weight excluding hydrogens is 272 g/mol. The molecule has 1 saturated heterocycles. The zero-order valence-corrected chi connectivity index (χ0v) is 13.6. The Morgan fingerprint density at radius 1 is 1.20 bits per heavy atom. The highest BCUT2D eigenvalue weighted by Gasteiger charge is 2.21. The molecule has 118 valence electrons. The quantitative estimate of drug-likeness (QED) is 0.819. The van der Waals surface area contributed by atoms with Gasteiger partial charge in [0.15, 0.2) is 0 Å². The SMILES string of the molecule is CC1CCCC(CC(=O)NCCC2CCCNC2)C1.Cl. The van der Waals surface area contributed by atoms with Crippen LogP contribution in [0, 0.1) is 17.8 Å². The largest absolute Gasteiger partial charge is 0.356 e. The van der Waals surface area contributed by atoms with E-state index in [4.69, 9.17) is 0 Å². The van der Waals surface area contributed by atoms with Crippen molar-refractivity contribution in [1.29, 1.82) is 0 Å². The lowest BCUT2D eigenvalue weighted by Crippen LogP contribution is -2.33. The molecule has 2 fully saturated rings. The Morgan fingerprint density at radius 3 is 2.70 bits per heavy atom. The van der Waals surface area contributed by atoms with E-state index in [1.165, 1.54) is 45.1 Å². The third kappa shape index (κ3) is 6.45. The first-order valence-electron chi connectivity index (χ1n) is 8.21. The van der Waals surface area contributed by atoms with Gasteiger partial charge in [-0.2, -0.15) is 0 Å². The number of piperidine rings is 1. The number of nitrogens with one attached hydrogen (secondary N) is 2. The van der Waals surface area contributed by atoms with Crippen molar-refractivity contribution in [2.45, 2.75) is 58.3 Å². The van der Waals surface area contributed by atoms with E-state index < -0.39 is 0 Å². The monoisotopic (exact) mass is 302 g/mol. The summed E-state index contributed by atoms with van der Waals surface area (Å²) in [5.41, 5.74) is 0. The van der Waals surface area contributed by atoms with Crippen molar-refractivity contribution in [2.75, 3.05) is 19.6 Å². The van der Waals surface area contributed by atoms with Crippen molar-refractivity contribution >= 4 is 18.3 Å². The highest BCUT2D eigenvalue weighted by Crippen LogP contribution is 2.30.